The van der Waals surface area contributed by atoms with Crippen molar-refractivity contribution in [3.05, 3.63) is 70.6 Å². The predicted octanol–water partition coefficient (Wildman–Crippen LogP) is 3.71. The Bertz CT molecular complexity index is 1860. The number of rotatable bonds is 10. The third-order valence-corrected chi connectivity index (χ3v) is 6.12. The first-order valence-corrected chi connectivity index (χ1v) is 12.6. The largest absolute Gasteiger partial charge is 0.497 e. The molecule has 5 rings (SSSR count). The fraction of sp³-hybridized carbons (Fsp3) is 0.207. The molecule has 5 aromatic rings. The van der Waals surface area contributed by atoms with Gasteiger partial charge in [-0.3, -0.25) is 14.4 Å². The molecule has 0 aliphatic carbocycles. The zero-order valence-corrected chi connectivity index (χ0v) is 23.1. The molecule has 0 unspecified atom stereocenters. The molecule has 0 spiro atoms. The van der Waals surface area contributed by atoms with Crippen LogP contribution in [0, 0.1) is 0 Å². The highest BCUT2D eigenvalue weighted by molar-refractivity contribution is 5.95. The Labute approximate surface area is 238 Å². The molecule has 13 heteroatoms. The summed E-state index contributed by atoms with van der Waals surface area (Å²) in [6.07, 6.45) is 1.56. The van der Waals surface area contributed by atoms with Crippen LogP contribution < -0.4 is 34.4 Å². The second-order valence-corrected chi connectivity index (χ2v) is 9.00. The number of ether oxygens (including phenoxy) is 5. The number of hydrogen-bond donors (Lipinski definition) is 1. The van der Waals surface area contributed by atoms with Crippen LogP contribution in [0.5, 0.6) is 28.7 Å². The van der Waals surface area contributed by atoms with Gasteiger partial charge in [0, 0.05) is 30.8 Å². The molecule has 0 aliphatic rings. The van der Waals surface area contributed by atoms with Gasteiger partial charge < -0.3 is 33.4 Å². The molecule has 0 radical (unpaired) electrons. The topological polar surface area (TPSA) is 153 Å². The first kappa shape index (κ1) is 28.0. The lowest BCUT2D eigenvalue weighted by Gasteiger charge is -2.11. The zero-order valence-electron chi connectivity index (χ0n) is 23.1. The van der Waals surface area contributed by atoms with Crippen molar-refractivity contribution in [1.82, 2.24) is 15.0 Å². The maximum absolute atomic E-state index is 13.3. The third kappa shape index (κ3) is 5.94. The van der Waals surface area contributed by atoms with E-state index in [4.69, 9.17) is 28.1 Å². The summed E-state index contributed by atoms with van der Waals surface area (Å²) in [6.45, 7) is 1.10. The van der Waals surface area contributed by atoms with E-state index in [0.717, 1.165) is 0 Å². The number of anilines is 1. The van der Waals surface area contributed by atoms with Gasteiger partial charge in [0.1, 0.15) is 52.6 Å². The van der Waals surface area contributed by atoms with Crippen LogP contribution in [0.3, 0.4) is 0 Å². The quantitative estimate of drug-likeness (QED) is 0.148. The summed E-state index contributed by atoms with van der Waals surface area (Å²) >= 11 is 0. The number of carbonyl (C=O) groups excluding carboxylic acids is 2. The number of esters is 1. The number of benzene rings is 3. The van der Waals surface area contributed by atoms with Gasteiger partial charge in [-0.15, -0.1) is 5.10 Å². The summed E-state index contributed by atoms with van der Waals surface area (Å²) in [5, 5.41) is 11.2. The molecular weight excluding hydrogens is 548 g/mol. The lowest BCUT2D eigenvalue weighted by Crippen LogP contribution is -2.19. The van der Waals surface area contributed by atoms with Crippen molar-refractivity contribution in [2.24, 2.45) is 0 Å². The van der Waals surface area contributed by atoms with Gasteiger partial charge in [-0.2, -0.15) is 0 Å². The van der Waals surface area contributed by atoms with Crippen molar-refractivity contribution in [3.63, 3.8) is 0 Å². The van der Waals surface area contributed by atoms with E-state index < -0.39 is 5.97 Å². The van der Waals surface area contributed by atoms with Crippen LogP contribution in [0.2, 0.25) is 0 Å². The minimum Gasteiger partial charge on any atom is -0.497 e. The molecule has 0 fully saturated rings. The SMILES string of the molecule is COc1ccc2oc3cc(OCc4cn(CC(=O)Nc5ccc(OC)c(OC)c5)nn4)cc(OC(C)=O)c3c(=O)c2c1. The summed E-state index contributed by atoms with van der Waals surface area (Å²) in [7, 11) is 4.52. The van der Waals surface area contributed by atoms with E-state index >= 15 is 0 Å². The van der Waals surface area contributed by atoms with Gasteiger partial charge in [-0.05, 0) is 30.3 Å². The summed E-state index contributed by atoms with van der Waals surface area (Å²) < 4.78 is 34.2. The van der Waals surface area contributed by atoms with Crippen molar-refractivity contribution in [2.75, 3.05) is 26.6 Å². The van der Waals surface area contributed by atoms with Crippen LogP contribution in [-0.2, 0) is 22.7 Å². The number of carbonyl (C=O) groups is 2. The van der Waals surface area contributed by atoms with E-state index in [1.54, 1.807) is 42.6 Å². The van der Waals surface area contributed by atoms with E-state index in [-0.39, 0.29) is 52.3 Å². The van der Waals surface area contributed by atoms with Gasteiger partial charge >= 0.3 is 5.97 Å². The molecular formula is C29H26N4O9. The first-order valence-electron chi connectivity index (χ1n) is 12.6. The van der Waals surface area contributed by atoms with Crippen LogP contribution in [0.4, 0.5) is 5.69 Å². The fourth-order valence-corrected chi connectivity index (χ4v) is 4.25. The van der Waals surface area contributed by atoms with E-state index in [2.05, 4.69) is 15.6 Å². The second kappa shape index (κ2) is 11.9. The Morgan fingerprint density at radius 2 is 1.71 bits per heavy atom. The predicted molar refractivity (Wildman–Crippen MR) is 150 cm³/mol. The number of aromatic nitrogens is 3. The highest BCUT2D eigenvalue weighted by atomic mass is 16.5. The maximum Gasteiger partial charge on any atom is 0.308 e. The normalized spacial score (nSPS) is 10.9. The fourth-order valence-electron chi connectivity index (χ4n) is 4.25. The Hall–Kier alpha value is -5.59. The molecule has 0 saturated heterocycles. The Balaban J connectivity index is 1.32. The molecule has 0 aliphatic heterocycles. The molecule has 13 nitrogen and oxygen atoms in total. The standard InChI is InChI=1S/C29H26N4O9/c1-16(34)41-25-11-20(12-26-28(25)29(36)21-10-19(37-2)6-8-22(21)42-26)40-15-18-13-33(32-31-18)14-27(35)30-17-5-7-23(38-3)24(9-17)39-4/h5-13H,14-15H2,1-4H3,(H,30,35). The number of nitrogens with one attached hydrogen (secondary N) is 1. The smallest absolute Gasteiger partial charge is 0.308 e. The lowest BCUT2D eigenvalue weighted by molar-refractivity contribution is -0.131. The van der Waals surface area contributed by atoms with Crippen molar-refractivity contribution >= 4 is 39.5 Å². The molecule has 0 saturated carbocycles. The average molecular weight is 575 g/mol. The number of fused-ring (bicyclic) bond motifs is 2. The second-order valence-electron chi connectivity index (χ2n) is 9.00. The first-order chi connectivity index (χ1) is 20.3. The van der Waals surface area contributed by atoms with Crippen molar-refractivity contribution in [1.29, 1.82) is 0 Å². The van der Waals surface area contributed by atoms with E-state index in [9.17, 15) is 14.4 Å². The van der Waals surface area contributed by atoms with Crippen LogP contribution in [-0.4, -0.2) is 48.2 Å². The lowest BCUT2D eigenvalue weighted by atomic mass is 10.1. The van der Waals surface area contributed by atoms with Crippen molar-refractivity contribution < 1.29 is 37.7 Å². The molecule has 1 N–H and O–H groups in total. The molecule has 0 atom stereocenters. The Morgan fingerprint density at radius 1 is 0.905 bits per heavy atom. The average Bonchev–Trinajstić information content (AvgIpc) is 3.42. The zero-order chi connectivity index (χ0) is 29.8. The van der Waals surface area contributed by atoms with Gasteiger partial charge in [-0.25, -0.2) is 4.68 Å². The molecule has 3 aromatic carbocycles. The van der Waals surface area contributed by atoms with Gasteiger partial charge in [0.25, 0.3) is 0 Å². The Morgan fingerprint density at radius 3 is 2.45 bits per heavy atom. The highest BCUT2D eigenvalue weighted by Gasteiger charge is 2.18. The van der Waals surface area contributed by atoms with Crippen LogP contribution in [0.1, 0.15) is 12.6 Å². The molecule has 42 heavy (non-hydrogen) atoms. The van der Waals surface area contributed by atoms with Crippen molar-refractivity contribution in [2.45, 2.75) is 20.1 Å². The number of nitrogens with zero attached hydrogens (tertiary/aromatic N) is 3. The molecule has 216 valence electrons. The molecule has 0 bridgehead atoms. The van der Waals surface area contributed by atoms with E-state index in [0.29, 0.717) is 34.2 Å². The minimum absolute atomic E-state index is 0.0102. The third-order valence-electron chi connectivity index (χ3n) is 6.12. The summed E-state index contributed by atoms with van der Waals surface area (Å²) in [5.41, 5.74) is 1.06. The van der Waals surface area contributed by atoms with E-state index in [1.807, 2.05) is 0 Å². The van der Waals surface area contributed by atoms with Crippen LogP contribution in [0.25, 0.3) is 21.9 Å². The van der Waals surface area contributed by atoms with Gasteiger partial charge in [-0.1, -0.05) is 5.21 Å². The van der Waals surface area contributed by atoms with E-state index in [1.165, 1.54) is 45.1 Å². The minimum atomic E-state index is -0.618. The number of hydrogen-bond acceptors (Lipinski definition) is 11. The summed E-state index contributed by atoms with van der Waals surface area (Å²) in [6, 6.07) is 12.8. The number of methoxy groups -OCH3 is 3. The van der Waals surface area contributed by atoms with Crippen LogP contribution in [0.15, 0.2) is 63.9 Å². The summed E-state index contributed by atoms with van der Waals surface area (Å²) in [5.74, 6) is 0.801. The van der Waals surface area contributed by atoms with Crippen molar-refractivity contribution in [3.8, 4) is 28.7 Å². The molecule has 2 aromatic heterocycles. The molecule has 1 amide bonds. The van der Waals surface area contributed by atoms with Gasteiger partial charge in [0.05, 0.1) is 32.9 Å². The van der Waals surface area contributed by atoms with Crippen LogP contribution >= 0.6 is 0 Å². The highest BCUT2D eigenvalue weighted by Crippen LogP contribution is 2.33. The molecule has 2 heterocycles. The summed E-state index contributed by atoms with van der Waals surface area (Å²) in [4.78, 5) is 37.7. The maximum atomic E-state index is 13.3. The monoisotopic (exact) mass is 574 g/mol. The Kier molecular flexibility index (Phi) is 7.91. The van der Waals surface area contributed by atoms with Gasteiger partial charge in [0.15, 0.2) is 11.5 Å². The van der Waals surface area contributed by atoms with Gasteiger partial charge in [0.2, 0.25) is 11.3 Å². The number of amides is 1.